The second-order valence-electron chi connectivity index (χ2n) is 9.92. The summed E-state index contributed by atoms with van der Waals surface area (Å²) in [7, 11) is 0. The molecule has 1 unspecified atom stereocenters. The van der Waals surface area contributed by atoms with Crippen molar-refractivity contribution in [3.8, 4) is 5.75 Å². The quantitative estimate of drug-likeness (QED) is 0.318. The number of benzene rings is 3. The first-order chi connectivity index (χ1) is 17.1. The van der Waals surface area contributed by atoms with Crippen molar-refractivity contribution in [2.45, 2.75) is 52.9 Å². The molecule has 4 aromatic rings. The van der Waals surface area contributed by atoms with E-state index in [9.17, 15) is 9.59 Å². The highest BCUT2D eigenvalue weighted by molar-refractivity contribution is 6.16. The van der Waals surface area contributed by atoms with Gasteiger partial charge in [-0.25, -0.2) is 0 Å². The molecule has 0 amide bonds. The van der Waals surface area contributed by atoms with Crippen molar-refractivity contribution in [1.82, 2.24) is 4.98 Å². The molecule has 0 radical (unpaired) electrons. The Morgan fingerprint density at radius 1 is 1.06 bits per heavy atom. The molecule has 6 heteroatoms. The molecule has 0 bridgehead atoms. The molecule has 1 saturated heterocycles. The number of nitrogens with one attached hydrogen (secondary N) is 1. The maximum atomic E-state index is 13.5. The smallest absolute Gasteiger partial charge is 0.193 e. The Kier molecular flexibility index (Phi) is 6.18. The summed E-state index contributed by atoms with van der Waals surface area (Å²) >= 11 is 0. The van der Waals surface area contributed by atoms with Crippen molar-refractivity contribution < 1.29 is 23.8 Å². The lowest BCUT2D eigenvalue weighted by Crippen LogP contribution is -2.25. The number of aryl methyl sites for hydroxylation is 2. The van der Waals surface area contributed by atoms with Crippen molar-refractivity contribution >= 4 is 33.4 Å². The number of hydrogen-bond acceptors (Lipinski definition) is 5. The largest absolute Gasteiger partial charge is 0.491 e. The Balaban J connectivity index is 1.42. The van der Waals surface area contributed by atoms with Crippen LogP contribution in [0.25, 0.3) is 21.8 Å². The van der Waals surface area contributed by atoms with Gasteiger partial charge >= 0.3 is 0 Å². The van der Waals surface area contributed by atoms with Gasteiger partial charge in [0, 0.05) is 38.5 Å². The molecular formula is C30H31NO5. The van der Waals surface area contributed by atoms with Gasteiger partial charge in [0.05, 0.1) is 6.61 Å². The number of ether oxygens (including phenoxy) is 3. The standard InChI is InChI=1S/C30H31NO5/c1-6-19-12-21(18(3)32)14-26-25-13-20(7-10-27(25)31-28(19)26)29(33)24-9-8-22(11-17(24)2)34-15-23-16-35-30(4,5)36-23/h7-14,23,31H,6,15-16H2,1-5H3. The average Bonchev–Trinajstić information content (AvgIpc) is 3.40. The molecule has 0 saturated carbocycles. The molecule has 5 rings (SSSR count). The summed E-state index contributed by atoms with van der Waals surface area (Å²) in [6.07, 6.45) is 0.683. The molecular weight excluding hydrogens is 454 g/mol. The van der Waals surface area contributed by atoms with E-state index in [4.69, 9.17) is 14.2 Å². The zero-order valence-corrected chi connectivity index (χ0v) is 21.4. The maximum absolute atomic E-state index is 13.5. The first-order valence-corrected chi connectivity index (χ1v) is 12.3. The summed E-state index contributed by atoms with van der Waals surface area (Å²) in [5.41, 5.74) is 5.80. The van der Waals surface area contributed by atoms with Crippen molar-refractivity contribution in [1.29, 1.82) is 0 Å². The third kappa shape index (κ3) is 4.54. The van der Waals surface area contributed by atoms with E-state index < -0.39 is 5.79 Å². The Labute approximate surface area is 210 Å². The van der Waals surface area contributed by atoms with Crippen LogP contribution >= 0.6 is 0 Å². The van der Waals surface area contributed by atoms with Gasteiger partial charge in [0.15, 0.2) is 17.4 Å². The van der Waals surface area contributed by atoms with Crippen LogP contribution in [0, 0.1) is 6.92 Å². The first kappa shape index (κ1) is 24.2. The van der Waals surface area contributed by atoms with E-state index in [2.05, 4.69) is 11.9 Å². The number of ketones is 2. The number of fused-ring (bicyclic) bond motifs is 3. The second kappa shape index (κ2) is 9.19. The second-order valence-corrected chi connectivity index (χ2v) is 9.92. The van der Waals surface area contributed by atoms with Gasteiger partial charge in [0.1, 0.15) is 18.5 Å². The fraction of sp³-hybridized carbons (Fsp3) is 0.333. The van der Waals surface area contributed by atoms with Crippen LogP contribution in [0.1, 0.15) is 65.1 Å². The summed E-state index contributed by atoms with van der Waals surface area (Å²) in [5, 5.41) is 1.90. The number of carbonyl (C=O) groups excluding carboxylic acids is 2. The van der Waals surface area contributed by atoms with Gasteiger partial charge in [-0.2, -0.15) is 0 Å². The summed E-state index contributed by atoms with van der Waals surface area (Å²) in [5.74, 6) is 0.0795. The Bertz CT molecular complexity index is 1500. The van der Waals surface area contributed by atoms with Crippen LogP contribution in [0.3, 0.4) is 0 Å². The summed E-state index contributed by atoms with van der Waals surface area (Å²) < 4.78 is 17.3. The molecule has 3 aromatic carbocycles. The minimum atomic E-state index is -0.585. The summed E-state index contributed by atoms with van der Waals surface area (Å²) in [6, 6.07) is 15.1. The number of aromatic nitrogens is 1. The van der Waals surface area contributed by atoms with Gasteiger partial charge in [0.25, 0.3) is 0 Å². The highest BCUT2D eigenvalue weighted by atomic mass is 16.7. The van der Waals surface area contributed by atoms with Crippen molar-refractivity contribution in [3.63, 3.8) is 0 Å². The molecule has 1 fully saturated rings. The highest BCUT2D eigenvalue weighted by Gasteiger charge is 2.33. The molecule has 1 aliphatic heterocycles. The van der Waals surface area contributed by atoms with Gasteiger partial charge in [-0.15, -0.1) is 0 Å². The molecule has 1 aromatic heterocycles. The van der Waals surface area contributed by atoms with Crippen molar-refractivity contribution in [3.05, 3.63) is 76.3 Å². The predicted octanol–water partition coefficient (Wildman–Crippen LogP) is 6.16. The molecule has 6 nitrogen and oxygen atoms in total. The summed E-state index contributed by atoms with van der Waals surface area (Å²) in [6.45, 7) is 10.2. The fourth-order valence-corrected chi connectivity index (χ4v) is 4.87. The SMILES string of the molecule is CCc1cc(C(C)=O)cc2c1[nH]c1ccc(C(=O)c3ccc(OCC4COC(C)(C)O4)cc3C)cc12. The molecule has 2 heterocycles. The number of H-pyrrole nitrogens is 1. The molecule has 0 aliphatic carbocycles. The van der Waals surface area contributed by atoms with Crippen LogP contribution in [-0.4, -0.2) is 41.7 Å². The normalized spacial score (nSPS) is 17.1. The average molecular weight is 486 g/mol. The monoisotopic (exact) mass is 485 g/mol. The number of hydrogen-bond donors (Lipinski definition) is 1. The Morgan fingerprint density at radius 2 is 1.83 bits per heavy atom. The van der Waals surface area contributed by atoms with E-state index in [1.54, 1.807) is 6.92 Å². The minimum absolute atomic E-state index is 0.0295. The van der Waals surface area contributed by atoms with Crippen LogP contribution < -0.4 is 4.74 Å². The summed E-state index contributed by atoms with van der Waals surface area (Å²) in [4.78, 5) is 29.0. The van der Waals surface area contributed by atoms with Crippen LogP contribution in [0.2, 0.25) is 0 Å². The van der Waals surface area contributed by atoms with Crippen molar-refractivity contribution in [2.75, 3.05) is 13.2 Å². The van der Waals surface area contributed by atoms with Crippen LogP contribution in [0.15, 0.2) is 48.5 Å². The lowest BCUT2D eigenvalue weighted by Gasteiger charge is -2.17. The van der Waals surface area contributed by atoms with E-state index in [0.29, 0.717) is 35.7 Å². The van der Waals surface area contributed by atoms with Gasteiger partial charge in [-0.05, 0) is 93.8 Å². The number of carbonyl (C=O) groups is 2. The minimum Gasteiger partial charge on any atom is -0.491 e. The lowest BCUT2D eigenvalue weighted by molar-refractivity contribution is -0.141. The molecule has 36 heavy (non-hydrogen) atoms. The topological polar surface area (TPSA) is 77.6 Å². The number of aromatic amines is 1. The van der Waals surface area contributed by atoms with E-state index in [0.717, 1.165) is 39.4 Å². The third-order valence-corrected chi connectivity index (χ3v) is 6.78. The Hall–Kier alpha value is -3.48. The van der Waals surface area contributed by atoms with Crippen LogP contribution in [0.4, 0.5) is 0 Å². The zero-order valence-electron chi connectivity index (χ0n) is 21.4. The number of rotatable bonds is 7. The fourth-order valence-electron chi connectivity index (χ4n) is 4.87. The number of Topliss-reactive ketones (excluding diaryl/α,β-unsaturated/α-hetero) is 1. The maximum Gasteiger partial charge on any atom is 0.193 e. The molecule has 1 atom stereocenters. The van der Waals surface area contributed by atoms with Gasteiger partial charge in [-0.1, -0.05) is 6.92 Å². The van der Waals surface area contributed by atoms with Gasteiger partial charge in [0.2, 0.25) is 0 Å². The van der Waals surface area contributed by atoms with E-state index in [1.165, 1.54) is 0 Å². The van der Waals surface area contributed by atoms with Crippen molar-refractivity contribution in [2.24, 2.45) is 0 Å². The van der Waals surface area contributed by atoms with Crippen LogP contribution in [0.5, 0.6) is 5.75 Å². The van der Waals surface area contributed by atoms with Gasteiger partial charge in [-0.3, -0.25) is 9.59 Å². The molecule has 1 aliphatic rings. The predicted molar refractivity (Wildman–Crippen MR) is 140 cm³/mol. The molecule has 1 N–H and O–H groups in total. The zero-order chi connectivity index (χ0) is 25.6. The van der Waals surface area contributed by atoms with E-state index >= 15 is 0 Å². The Morgan fingerprint density at radius 3 is 2.50 bits per heavy atom. The van der Waals surface area contributed by atoms with Gasteiger partial charge < -0.3 is 19.2 Å². The lowest BCUT2D eigenvalue weighted by atomic mass is 9.96. The van der Waals surface area contributed by atoms with E-state index in [1.807, 2.05) is 69.3 Å². The highest BCUT2D eigenvalue weighted by Crippen LogP contribution is 2.31. The third-order valence-electron chi connectivity index (χ3n) is 6.78. The molecule has 186 valence electrons. The first-order valence-electron chi connectivity index (χ1n) is 12.3. The molecule has 0 spiro atoms. The van der Waals surface area contributed by atoms with E-state index in [-0.39, 0.29) is 17.7 Å². The van der Waals surface area contributed by atoms with Crippen LogP contribution in [-0.2, 0) is 15.9 Å².